The van der Waals surface area contributed by atoms with Crippen LogP contribution in [0.25, 0.3) is 28.3 Å². The minimum Gasteiger partial charge on any atom is -0.478 e. The number of carboxylic acid groups (broad SMARTS) is 1. The Kier molecular flexibility index (Phi) is 6.29. The second kappa shape index (κ2) is 9.47. The maximum atomic E-state index is 12.5. The molecule has 0 atom stereocenters. The monoisotopic (exact) mass is 459 g/mol. The van der Waals surface area contributed by atoms with Gasteiger partial charge in [-0.1, -0.05) is 35.9 Å². The average molecular weight is 460 g/mol. The molecule has 0 unspecified atom stereocenters. The van der Waals surface area contributed by atoms with Crippen LogP contribution in [0.2, 0.25) is 5.02 Å². The van der Waals surface area contributed by atoms with Crippen LogP contribution in [0.1, 0.15) is 21.7 Å². The summed E-state index contributed by atoms with van der Waals surface area (Å²) in [5, 5.41) is 22.5. The van der Waals surface area contributed by atoms with E-state index in [0.717, 1.165) is 16.5 Å². The molecule has 0 aliphatic heterocycles. The number of nitriles is 1. The SMILES string of the molecule is N#CC(=Cc1ccc(-c2ccc(C(=O)O)c(Cl)c2)o1)C(=O)NCCc1c[nH]c2ccccc12. The highest BCUT2D eigenvalue weighted by atomic mass is 35.5. The van der Waals surface area contributed by atoms with E-state index in [9.17, 15) is 14.9 Å². The molecule has 2 aromatic carbocycles. The number of para-hydroxylation sites is 1. The molecule has 33 heavy (non-hydrogen) atoms. The van der Waals surface area contributed by atoms with Gasteiger partial charge in [0.15, 0.2) is 0 Å². The van der Waals surface area contributed by atoms with Crippen LogP contribution in [-0.2, 0) is 11.2 Å². The Hall–Kier alpha value is -4.28. The number of nitrogens with zero attached hydrogens (tertiary/aromatic N) is 1. The molecule has 3 N–H and O–H groups in total. The fourth-order valence-corrected chi connectivity index (χ4v) is 3.72. The van der Waals surface area contributed by atoms with E-state index in [2.05, 4.69) is 10.3 Å². The predicted molar refractivity (Wildman–Crippen MR) is 125 cm³/mol. The Morgan fingerprint density at radius 3 is 2.76 bits per heavy atom. The normalized spacial score (nSPS) is 11.3. The van der Waals surface area contributed by atoms with Gasteiger partial charge in [-0.2, -0.15) is 5.26 Å². The molecule has 0 fully saturated rings. The summed E-state index contributed by atoms with van der Waals surface area (Å²) in [6.45, 7) is 0.373. The van der Waals surface area contributed by atoms with Crippen molar-refractivity contribution >= 4 is 40.5 Å². The number of halogens is 1. The van der Waals surface area contributed by atoms with E-state index in [1.54, 1.807) is 18.2 Å². The van der Waals surface area contributed by atoms with E-state index in [1.807, 2.05) is 36.5 Å². The minimum atomic E-state index is -1.12. The zero-order valence-electron chi connectivity index (χ0n) is 17.3. The summed E-state index contributed by atoms with van der Waals surface area (Å²) in [6.07, 6.45) is 3.89. The largest absolute Gasteiger partial charge is 0.478 e. The highest BCUT2D eigenvalue weighted by molar-refractivity contribution is 6.33. The molecule has 0 aliphatic carbocycles. The number of nitrogens with one attached hydrogen (secondary N) is 2. The van der Waals surface area contributed by atoms with Gasteiger partial charge in [0.1, 0.15) is 23.2 Å². The van der Waals surface area contributed by atoms with Crippen molar-refractivity contribution in [1.82, 2.24) is 10.3 Å². The van der Waals surface area contributed by atoms with Crippen molar-refractivity contribution in [2.75, 3.05) is 6.54 Å². The lowest BCUT2D eigenvalue weighted by atomic mass is 10.1. The predicted octanol–water partition coefficient (Wildman–Crippen LogP) is 5.05. The quantitative estimate of drug-likeness (QED) is 0.264. The summed E-state index contributed by atoms with van der Waals surface area (Å²) in [5.74, 6) is -0.878. The lowest BCUT2D eigenvalue weighted by molar-refractivity contribution is -0.117. The van der Waals surface area contributed by atoms with Gasteiger partial charge in [0.25, 0.3) is 5.91 Å². The molecule has 7 nitrogen and oxygen atoms in total. The van der Waals surface area contributed by atoms with Crippen LogP contribution < -0.4 is 5.32 Å². The number of aromatic amines is 1. The lowest BCUT2D eigenvalue weighted by Crippen LogP contribution is -2.26. The van der Waals surface area contributed by atoms with Crippen molar-refractivity contribution in [3.63, 3.8) is 0 Å². The van der Waals surface area contributed by atoms with Gasteiger partial charge < -0.3 is 19.8 Å². The molecule has 0 bridgehead atoms. The Labute approximate surface area is 193 Å². The van der Waals surface area contributed by atoms with Gasteiger partial charge in [-0.25, -0.2) is 4.79 Å². The maximum Gasteiger partial charge on any atom is 0.337 e. The van der Waals surface area contributed by atoms with Crippen molar-refractivity contribution in [3.8, 4) is 17.4 Å². The molecule has 4 aromatic rings. The molecule has 0 spiro atoms. The molecular formula is C25H18ClN3O4. The molecule has 0 saturated heterocycles. The zero-order valence-corrected chi connectivity index (χ0v) is 18.0. The Morgan fingerprint density at radius 1 is 1.18 bits per heavy atom. The fraction of sp³-hybridized carbons (Fsp3) is 0.0800. The van der Waals surface area contributed by atoms with Crippen LogP contribution in [0.15, 0.2) is 70.8 Å². The smallest absolute Gasteiger partial charge is 0.337 e. The first kappa shape index (κ1) is 21.9. The van der Waals surface area contributed by atoms with Crippen LogP contribution in [0.5, 0.6) is 0 Å². The van der Waals surface area contributed by atoms with Crippen LogP contribution >= 0.6 is 11.6 Å². The van der Waals surface area contributed by atoms with E-state index >= 15 is 0 Å². The first-order valence-electron chi connectivity index (χ1n) is 10.0. The Bertz CT molecular complexity index is 1420. The number of carbonyl (C=O) groups excluding carboxylic acids is 1. The number of benzene rings is 2. The van der Waals surface area contributed by atoms with Gasteiger partial charge in [-0.05, 0) is 42.3 Å². The van der Waals surface area contributed by atoms with Gasteiger partial charge in [0, 0.05) is 35.3 Å². The van der Waals surface area contributed by atoms with Gasteiger partial charge in [0.2, 0.25) is 0 Å². The number of aromatic nitrogens is 1. The number of fused-ring (bicyclic) bond motifs is 1. The number of amides is 1. The molecular weight excluding hydrogens is 442 g/mol. The minimum absolute atomic E-state index is 0.0110. The first-order valence-corrected chi connectivity index (χ1v) is 10.4. The summed E-state index contributed by atoms with van der Waals surface area (Å²) in [7, 11) is 0. The third kappa shape index (κ3) is 4.81. The number of carboxylic acids is 1. The standard InChI is InChI=1S/C25H18ClN3O4/c26-21-12-15(5-7-20(21)25(31)32)23-8-6-18(33-23)11-17(13-27)24(30)28-10-9-16-14-29-22-4-2-1-3-19(16)22/h1-8,11-12,14,29H,9-10H2,(H,28,30)(H,31,32). The van der Waals surface area contributed by atoms with Crippen LogP contribution in [0, 0.1) is 11.3 Å². The van der Waals surface area contributed by atoms with Crippen LogP contribution in [-0.4, -0.2) is 28.5 Å². The number of furan rings is 1. The number of carbonyl (C=O) groups is 2. The Balaban J connectivity index is 1.43. The zero-order chi connectivity index (χ0) is 23.4. The molecule has 4 rings (SSSR count). The number of aromatic carboxylic acids is 1. The average Bonchev–Trinajstić information content (AvgIpc) is 3.44. The second-order valence-corrected chi connectivity index (χ2v) is 7.64. The van der Waals surface area contributed by atoms with Crippen molar-refractivity contribution in [2.45, 2.75) is 6.42 Å². The molecule has 0 saturated carbocycles. The fourth-order valence-electron chi connectivity index (χ4n) is 3.46. The van der Waals surface area contributed by atoms with Crippen molar-refractivity contribution in [3.05, 3.63) is 88.3 Å². The summed E-state index contributed by atoms with van der Waals surface area (Å²) >= 11 is 6.01. The molecule has 1 amide bonds. The number of rotatable bonds is 7. The number of hydrogen-bond acceptors (Lipinski definition) is 4. The number of H-pyrrole nitrogens is 1. The van der Waals surface area contributed by atoms with E-state index in [0.29, 0.717) is 30.0 Å². The first-order chi connectivity index (χ1) is 16.0. The summed E-state index contributed by atoms with van der Waals surface area (Å²) in [6, 6.07) is 17.5. The van der Waals surface area contributed by atoms with Crippen molar-refractivity contribution in [2.24, 2.45) is 0 Å². The third-order valence-corrected chi connectivity index (χ3v) is 5.43. The molecule has 8 heteroatoms. The topological polar surface area (TPSA) is 119 Å². The maximum absolute atomic E-state index is 12.5. The van der Waals surface area contributed by atoms with Crippen LogP contribution in [0.4, 0.5) is 0 Å². The summed E-state index contributed by atoms with van der Waals surface area (Å²) < 4.78 is 5.70. The lowest BCUT2D eigenvalue weighted by Gasteiger charge is -2.04. The third-order valence-electron chi connectivity index (χ3n) is 5.12. The summed E-state index contributed by atoms with van der Waals surface area (Å²) in [4.78, 5) is 26.8. The van der Waals surface area contributed by atoms with Crippen molar-refractivity contribution in [1.29, 1.82) is 5.26 Å². The number of hydrogen-bond donors (Lipinski definition) is 3. The molecule has 2 aromatic heterocycles. The molecule has 2 heterocycles. The van der Waals surface area contributed by atoms with E-state index < -0.39 is 11.9 Å². The highest BCUT2D eigenvalue weighted by Gasteiger charge is 2.14. The van der Waals surface area contributed by atoms with E-state index in [4.69, 9.17) is 21.1 Å². The molecule has 164 valence electrons. The van der Waals surface area contributed by atoms with Gasteiger partial charge in [0.05, 0.1) is 10.6 Å². The highest BCUT2D eigenvalue weighted by Crippen LogP contribution is 2.28. The summed E-state index contributed by atoms with van der Waals surface area (Å²) in [5.41, 5.74) is 2.59. The van der Waals surface area contributed by atoms with E-state index in [1.165, 1.54) is 18.2 Å². The van der Waals surface area contributed by atoms with Gasteiger partial charge in [-0.15, -0.1) is 0 Å². The second-order valence-electron chi connectivity index (χ2n) is 7.24. The van der Waals surface area contributed by atoms with Gasteiger partial charge in [-0.3, -0.25) is 4.79 Å². The molecule has 0 aliphatic rings. The van der Waals surface area contributed by atoms with E-state index in [-0.39, 0.29) is 16.2 Å². The van der Waals surface area contributed by atoms with Crippen LogP contribution in [0.3, 0.4) is 0 Å². The molecule has 0 radical (unpaired) electrons. The Morgan fingerprint density at radius 2 is 2.00 bits per heavy atom. The van der Waals surface area contributed by atoms with Crippen molar-refractivity contribution < 1.29 is 19.1 Å². The van der Waals surface area contributed by atoms with Gasteiger partial charge >= 0.3 is 5.97 Å².